The Hall–Kier alpha value is -5.62. The highest BCUT2D eigenvalue weighted by atomic mass is 14.9. The van der Waals surface area contributed by atoms with Crippen molar-refractivity contribution in [3.8, 4) is 22.3 Å². The molecule has 0 spiro atoms. The van der Waals surface area contributed by atoms with Crippen LogP contribution in [0.15, 0.2) is 144 Å². The van der Waals surface area contributed by atoms with Gasteiger partial charge in [0.2, 0.25) is 0 Å². The summed E-state index contributed by atoms with van der Waals surface area (Å²) in [6, 6.07) is 32.4. The van der Waals surface area contributed by atoms with Gasteiger partial charge in [-0.3, -0.25) is 19.9 Å². The Kier molecular flexibility index (Phi) is 6.03. The SMILES string of the molecule is c1ccc(-c2ccc(/C3=N/c4cnccc4/C(c4ccc(-c5ccccc5)cn4)=N\c4cnccc43)nc2)cc1. The number of nitrogens with zero attached hydrogens (tertiary/aromatic N) is 6. The van der Waals surface area contributed by atoms with Crippen LogP contribution in [0, 0.1) is 0 Å². The van der Waals surface area contributed by atoms with Crippen molar-refractivity contribution in [3.63, 3.8) is 0 Å². The van der Waals surface area contributed by atoms with Crippen molar-refractivity contribution < 1.29 is 0 Å². The standard InChI is InChI=1S/C34H22N6/c1-3-7-23(8-4-1)25-11-13-29(37-19-25)33-27-15-17-35-21-31(27)40-34(28-16-18-36-22-32(28)39-33)30-14-12-26(20-38-30)24-9-5-2-6-10-24/h1-22H/b33-27?,34-28?,39-32?,39-33+,40-31?,40-34+. The van der Waals surface area contributed by atoms with E-state index < -0.39 is 0 Å². The minimum Gasteiger partial charge on any atom is -0.262 e. The summed E-state index contributed by atoms with van der Waals surface area (Å²) in [7, 11) is 0. The Bertz CT molecular complexity index is 1720. The van der Waals surface area contributed by atoms with E-state index >= 15 is 0 Å². The van der Waals surface area contributed by atoms with Gasteiger partial charge in [0.15, 0.2) is 0 Å². The molecule has 5 heterocycles. The van der Waals surface area contributed by atoms with E-state index in [4.69, 9.17) is 20.0 Å². The van der Waals surface area contributed by atoms with Gasteiger partial charge in [0.05, 0.1) is 46.6 Å². The summed E-state index contributed by atoms with van der Waals surface area (Å²) < 4.78 is 0. The van der Waals surface area contributed by atoms with Crippen LogP contribution < -0.4 is 0 Å². The molecular weight excluding hydrogens is 492 g/mol. The van der Waals surface area contributed by atoms with Gasteiger partial charge in [-0.1, -0.05) is 72.8 Å². The second-order valence-electron chi connectivity index (χ2n) is 9.30. The number of fused-ring (bicyclic) bond motifs is 2. The molecule has 0 aliphatic carbocycles. The predicted molar refractivity (Wildman–Crippen MR) is 158 cm³/mol. The van der Waals surface area contributed by atoms with Gasteiger partial charge in [0.1, 0.15) is 0 Å². The van der Waals surface area contributed by atoms with E-state index in [2.05, 4.69) is 46.4 Å². The van der Waals surface area contributed by atoms with E-state index in [0.29, 0.717) is 22.8 Å². The van der Waals surface area contributed by atoms with Crippen LogP contribution in [0.3, 0.4) is 0 Å². The maximum absolute atomic E-state index is 5.11. The lowest BCUT2D eigenvalue weighted by molar-refractivity contribution is 1.22. The van der Waals surface area contributed by atoms with Gasteiger partial charge in [0.25, 0.3) is 0 Å². The van der Waals surface area contributed by atoms with Gasteiger partial charge in [-0.05, 0) is 35.4 Å². The maximum Gasteiger partial charge on any atom is 0.0989 e. The largest absolute Gasteiger partial charge is 0.262 e. The fourth-order valence-electron chi connectivity index (χ4n) is 4.77. The molecule has 188 valence electrons. The lowest BCUT2D eigenvalue weighted by Crippen LogP contribution is -2.12. The number of aliphatic imine (C=N–C) groups is 2. The molecule has 1 aliphatic heterocycles. The van der Waals surface area contributed by atoms with E-state index in [1.54, 1.807) is 24.8 Å². The molecule has 1 aliphatic rings. The average molecular weight is 515 g/mol. The van der Waals surface area contributed by atoms with Gasteiger partial charge in [0, 0.05) is 47.0 Å². The minimum absolute atomic E-state index is 0.696. The van der Waals surface area contributed by atoms with Gasteiger partial charge in [-0.25, -0.2) is 9.98 Å². The number of rotatable bonds is 4. The smallest absolute Gasteiger partial charge is 0.0989 e. The predicted octanol–water partition coefficient (Wildman–Crippen LogP) is 7.25. The summed E-state index contributed by atoms with van der Waals surface area (Å²) >= 11 is 0. The van der Waals surface area contributed by atoms with Crippen LogP contribution in [-0.4, -0.2) is 31.4 Å². The molecule has 0 radical (unpaired) electrons. The highest BCUT2D eigenvalue weighted by Gasteiger charge is 2.21. The van der Waals surface area contributed by atoms with Crippen LogP contribution in [0.1, 0.15) is 22.5 Å². The first kappa shape index (κ1) is 23.5. The van der Waals surface area contributed by atoms with E-state index in [-0.39, 0.29) is 0 Å². The first-order valence-corrected chi connectivity index (χ1v) is 12.9. The zero-order valence-corrected chi connectivity index (χ0v) is 21.4. The van der Waals surface area contributed by atoms with Gasteiger partial charge < -0.3 is 0 Å². The summed E-state index contributed by atoms with van der Waals surface area (Å²) in [4.78, 5) is 28.6. The summed E-state index contributed by atoms with van der Waals surface area (Å²) in [6.45, 7) is 0. The summed E-state index contributed by atoms with van der Waals surface area (Å²) in [6.07, 6.45) is 10.8. The van der Waals surface area contributed by atoms with E-state index in [1.165, 1.54) is 0 Å². The Morgan fingerprint density at radius 2 is 0.825 bits per heavy atom. The summed E-state index contributed by atoms with van der Waals surface area (Å²) in [5.74, 6) is 0. The molecule has 7 rings (SSSR count). The molecule has 4 aromatic heterocycles. The molecular formula is C34H22N6. The molecule has 6 nitrogen and oxygen atoms in total. The second-order valence-corrected chi connectivity index (χ2v) is 9.30. The van der Waals surface area contributed by atoms with Crippen molar-refractivity contribution in [2.45, 2.75) is 0 Å². The molecule has 0 unspecified atom stereocenters. The molecule has 0 atom stereocenters. The molecule has 6 heteroatoms. The Morgan fingerprint density at radius 3 is 1.23 bits per heavy atom. The third-order valence-electron chi connectivity index (χ3n) is 6.80. The van der Waals surface area contributed by atoms with Crippen molar-refractivity contribution >= 4 is 22.8 Å². The molecule has 6 aromatic rings. The third-order valence-corrected chi connectivity index (χ3v) is 6.80. The Labute approximate surface area is 231 Å². The first-order chi connectivity index (χ1) is 19.8. The molecule has 0 fully saturated rings. The minimum atomic E-state index is 0.696. The van der Waals surface area contributed by atoms with Gasteiger partial charge in [-0.15, -0.1) is 0 Å². The first-order valence-electron chi connectivity index (χ1n) is 12.9. The van der Waals surface area contributed by atoms with Crippen LogP contribution >= 0.6 is 0 Å². The van der Waals surface area contributed by atoms with Gasteiger partial charge in [-0.2, -0.15) is 0 Å². The van der Waals surface area contributed by atoms with E-state index in [0.717, 1.165) is 44.8 Å². The van der Waals surface area contributed by atoms with E-state index in [1.807, 2.05) is 73.1 Å². The number of hydrogen-bond acceptors (Lipinski definition) is 6. The van der Waals surface area contributed by atoms with Crippen LogP contribution in [0.5, 0.6) is 0 Å². The van der Waals surface area contributed by atoms with Crippen molar-refractivity contribution in [1.82, 2.24) is 19.9 Å². The number of pyridine rings is 4. The molecule has 0 saturated heterocycles. The average Bonchev–Trinajstić information content (AvgIpc) is 3.03. The number of hydrogen-bond donors (Lipinski definition) is 0. The Balaban J connectivity index is 1.34. The normalized spacial score (nSPS) is 14.9. The highest BCUT2D eigenvalue weighted by molar-refractivity contribution is 6.21. The lowest BCUT2D eigenvalue weighted by atomic mass is 10.00. The molecule has 0 saturated carbocycles. The molecule has 2 aromatic carbocycles. The van der Waals surface area contributed by atoms with Crippen molar-refractivity contribution in [2.75, 3.05) is 0 Å². The Morgan fingerprint density at radius 1 is 0.375 bits per heavy atom. The van der Waals surface area contributed by atoms with Crippen LogP contribution in [-0.2, 0) is 0 Å². The van der Waals surface area contributed by atoms with Crippen LogP contribution in [0.25, 0.3) is 22.3 Å². The topological polar surface area (TPSA) is 76.3 Å². The van der Waals surface area contributed by atoms with Gasteiger partial charge >= 0.3 is 0 Å². The second kappa shape index (κ2) is 10.3. The maximum atomic E-state index is 5.11. The van der Waals surface area contributed by atoms with Crippen molar-refractivity contribution in [1.29, 1.82) is 0 Å². The monoisotopic (exact) mass is 514 g/mol. The fourth-order valence-corrected chi connectivity index (χ4v) is 4.77. The quantitative estimate of drug-likeness (QED) is 0.248. The highest BCUT2D eigenvalue weighted by Crippen LogP contribution is 2.32. The summed E-state index contributed by atoms with van der Waals surface area (Å²) in [5, 5.41) is 0. The molecule has 0 bridgehead atoms. The van der Waals surface area contributed by atoms with Crippen LogP contribution in [0.2, 0.25) is 0 Å². The molecule has 0 amide bonds. The van der Waals surface area contributed by atoms with Crippen molar-refractivity contribution in [3.05, 3.63) is 157 Å². The zero-order chi connectivity index (χ0) is 26.7. The van der Waals surface area contributed by atoms with E-state index in [9.17, 15) is 0 Å². The third kappa shape index (κ3) is 4.48. The lowest BCUT2D eigenvalue weighted by Gasteiger charge is -2.17. The number of aromatic nitrogens is 4. The molecule has 0 N–H and O–H groups in total. The van der Waals surface area contributed by atoms with Crippen molar-refractivity contribution in [2.24, 2.45) is 9.98 Å². The zero-order valence-electron chi connectivity index (χ0n) is 21.4. The van der Waals surface area contributed by atoms with Crippen LogP contribution in [0.4, 0.5) is 11.4 Å². The summed E-state index contributed by atoms with van der Waals surface area (Å²) in [5.41, 5.74) is 10.3. The molecule has 40 heavy (non-hydrogen) atoms. The fraction of sp³-hybridized carbons (Fsp3) is 0. The number of benzene rings is 2.